The molecule has 0 N–H and O–H groups in total. The van der Waals surface area contributed by atoms with Crippen molar-refractivity contribution in [2.75, 3.05) is 0 Å². The summed E-state index contributed by atoms with van der Waals surface area (Å²) in [5.41, 5.74) is 7.94. The van der Waals surface area contributed by atoms with Crippen LogP contribution in [0.4, 0.5) is 0 Å². The molecule has 0 aliphatic carbocycles. The second kappa shape index (κ2) is 10.3. The van der Waals surface area contributed by atoms with E-state index >= 15 is 0 Å². The van der Waals surface area contributed by atoms with Gasteiger partial charge in [0.25, 0.3) is 0 Å². The van der Waals surface area contributed by atoms with Crippen molar-refractivity contribution in [3.8, 4) is 22.3 Å². The first kappa shape index (κ1) is 28.5. The summed E-state index contributed by atoms with van der Waals surface area (Å²) in [5.74, 6) is 0. The molecule has 8 rings (SSSR count). The monoisotopic (exact) mass is 592 g/mol. The van der Waals surface area contributed by atoms with E-state index < -0.39 is 0 Å². The maximum Gasteiger partial charge on any atom is -0.00198 e. The summed E-state index contributed by atoms with van der Waals surface area (Å²) in [7, 11) is 0. The fourth-order valence-corrected chi connectivity index (χ4v) is 7.37. The number of fused-ring (bicyclic) bond motifs is 6. The largest absolute Gasteiger partial charge is 0.0616 e. The molecule has 0 bridgehead atoms. The second-order valence-corrected chi connectivity index (χ2v) is 15.0. The van der Waals surface area contributed by atoms with Crippen LogP contribution in [0.15, 0.2) is 133 Å². The smallest absolute Gasteiger partial charge is 0.00198 e. The fourth-order valence-electron chi connectivity index (χ4n) is 7.37. The SMILES string of the molecule is CC(C)(C)c1ccc2c(-c3cc4ccccc4c4ccccc34)c3cc(C(C)(C)C)ccc3c(-c3ccc4ccccc4c3)c2c1. The third-order valence-electron chi connectivity index (χ3n) is 9.92. The van der Waals surface area contributed by atoms with Crippen LogP contribution in [0.1, 0.15) is 52.7 Å². The Hall–Kier alpha value is -4.94. The molecule has 8 aromatic carbocycles. The fraction of sp³-hybridized carbons (Fsp3) is 0.174. The summed E-state index contributed by atoms with van der Waals surface area (Å²) < 4.78 is 0. The van der Waals surface area contributed by atoms with E-state index in [2.05, 4.69) is 175 Å². The Bertz CT molecular complexity index is 2480. The highest BCUT2D eigenvalue weighted by atomic mass is 14.3. The lowest BCUT2D eigenvalue weighted by Crippen LogP contribution is -2.11. The maximum atomic E-state index is 2.48. The summed E-state index contributed by atoms with van der Waals surface area (Å²) in [6, 6.07) is 50.4. The van der Waals surface area contributed by atoms with Crippen LogP contribution in [0.2, 0.25) is 0 Å². The standard InChI is InChI=1S/C46H40/c1-45(2,3)33-22-24-39-41(27-33)43(32-20-19-29-13-7-8-14-30(29)25-32)38-23-21-34(46(4,5)6)28-42(38)44(39)40-26-31-15-9-10-16-35(31)36-17-11-12-18-37(36)40/h7-28H,1-6H3. The average molecular weight is 593 g/mol. The van der Waals surface area contributed by atoms with E-state index in [0.29, 0.717) is 0 Å². The van der Waals surface area contributed by atoms with Gasteiger partial charge in [-0.25, -0.2) is 0 Å². The number of rotatable bonds is 2. The van der Waals surface area contributed by atoms with Gasteiger partial charge in [0, 0.05) is 0 Å². The molecule has 46 heavy (non-hydrogen) atoms. The third kappa shape index (κ3) is 4.59. The van der Waals surface area contributed by atoms with Crippen molar-refractivity contribution in [3.05, 3.63) is 145 Å². The summed E-state index contributed by atoms with van der Waals surface area (Å²) in [6.45, 7) is 13.9. The lowest BCUT2D eigenvalue weighted by molar-refractivity contribution is 0.590. The Morgan fingerprint density at radius 3 is 1.50 bits per heavy atom. The van der Waals surface area contributed by atoms with Crippen LogP contribution in [0.5, 0.6) is 0 Å². The van der Waals surface area contributed by atoms with Crippen molar-refractivity contribution < 1.29 is 0 Å². The first-order valence-electron chi connectivity index (χ1n) is 16.5. The molecular weight excluding hydrogens is 553 g/mol. The van der Waals surface area contributed by atoms with E-state index in [1.54, 1.807) is 0 Å². The van der Waals surface area contributed by atoms with Crippen molar-refractivity contribution in [2.24, 2.45) is 0 Å². The van der Waals surface area contributed by atoms with Gasteiger partial charge in [0.1, 0.15) is 0 Å². The van der Waals surface area contributed by atoms with Gasteiger partial charge in [-0.15, -0.1) is 0 Å². The Morgan fingerprint density at radius 1 is 0.326 bits per heavy atom. The zero-order valence-electron chi connectivity index (χ0n) is 27.7. The Balaban J connectivity index is 1.61. The molecule has 0 atom stereocenters. The molecule has 0 fully saturated rings. The number of benzene rings is 8. The van der Waals surface area contributed by atoms with Crippen molar-refractivity contribution in [3.63, 3.8) is 0 Å². The van der Waals surface area contributed by atoms with Gasteiger partial charge >= 0.3 is 0 Å². The molecule has 0 aliphatic heterocycles. The van der Waals surface area contributed by atoms with E-state index in [-0.39, 0.29) is 10.8 Å². The number of hydrogen-bond acceptors (Lipinski definition) is 0. The van der Waals surface area contributed by atoms with Crippen molar-refractivity contribution in [1.29, 1.82) is 0 Å². The van der Waals surface area contributed by atoms with Crippen LogP contribution in [0.25, 0.3) is 76.1 Å². The minimum absolute atomic E-state index is 0.0189. The van der Waals surface area contributed by atoms with E-state index in [1.165, 1.54) is 87.2 Å². The molecule has 8 aromatic rings. The van der Waals surface area contributed by atoms with Gasteiger partial charge in [-0.1, -0.05) is 151 Å². The zero-order valence-corrected chi connectivity index (χ0v) is 27.7. The highest BCUT2D eigenvalue weighted by molar-refractivity contribution is 6.26. The predicted molar refractivity (Wildman–Crippen MR) is 202 cm³/mol. The van der Waals surface area contributed by atoms with E-state index in [0.717, 1.165) is 0 Å². The molecule has 0 heteroatoms. The molecule has 0 aliphatic rings. The van der Waals surface area contributed by atoms with Crippen molar-refractivity contribution >= 4 is 53.9 Å². The molecule has 0 unspecified atom stereocenters. The summed E-state index contributed by atoms with van der Waals surface area (Å²) >= 11 is 0. The first-order chi connectivity index (χ1) is 22.1. The Kier molecular flexibility index (Phi) is 6.38. The van der Waals surface area contributed by atoms with Crippen LogP contribution < -0.4 is 0 Å². The van der Waals surface area contributed by atoms with E-state index in [1.807, 2.05) is 0 Å². The molecule has 0 saturated heterocycles. The maximum absolute atomic E-state index is 2.48. The second-order valence-electron chi connectivity index (χ2n) is 15.0. The summed E-state index contributed by atoms with van der Waals surface area (Å²) in [5, 5.41) is 12.9. The van der Waals surface area contributed by atoms with E-state index in [9.17, 15) is 0 Å². The topological polar surface area (TPSA) is 0 Å². The Morgan fingerprint density at radius 2 is 0.848 bits per heavy atom. The van der Waals surface area contributed by atoms with Crippen LogP contribution >= 0.6 is 0 Å². The minimum atomic E-state index is 0.0189. The van der Waals surface area contributed by atoms with Crippen LogP contribution in [0, 0.1) is 0 Å². The lowest BCUT2D eigenvalue weighted by Gasteiger charge is -2.25. The van der Waals surface area contributed by atoms with Gasteiger partial charge in [-0.2, -0.15) is 0 Å². The molecule has 0 amide bonds. The van der Waals surface area contributed by atoms with Gasteiger partial charge in [-0.3, -0.25) is 0 Å². The average Bonchev–Trinajstić information content (AvgIpc) is 3.05. The van der Waals surface area contributed by atoms with Crippen LogP contribution in [-0.4, -0.2) is 0 Å². The first-order valence-corrected chi connectivity index (χ1v) is 16.5. The number of hydrogen-bond donors (Lipinski definition) is 0. The van der Waals surface area contributed by atoms with Gasteiger partial charge < -0.3 is 0 Å². The molecule has 0 heterocycles. The van der Waals surface area contributed by atoms with Gasteiger partial charge in [0.05, 0.1) is 0 Å². The summed E-state index contributed by atoms with van der Waals surface area (Å²) in [6.07, 6.45) is 0. The third-order valence-corrected chi connectivity index (χ3v) is 9.92. The predicted octanol–water partition coefficient (Wildman–Crippen LogP) is 13.4. The van der Waals surface area contributed by atoms with E-state index in [4.69, 9.17) is 0 Å². The minimum Gasteiger partial charge on any atom is -0.0616 e. The molecular formula is C46H40. The van der Waals surface area contributed by atoms with Crippen LogP contribution in [0.3, 0.4) is 0 Å². The Labute approximate surface area is 272 Å². The normalized spacial score (nSPS) is 12.6. The van der Waals surface area contributed by atoms with Gasteiger partial charge in [0.2, 0.25) is 0 Å². The summed E-state index contributed by atoms with van der Waals surface area (Å²) in [4.78, 5) is 0. The highest BCUT2D eigenvalue weighted by Crippen LogP contribution is 2.48. The lowest BCUT2D eigenvalue weighted by atomic mass is 9.78. The van der Waals surface area contributed by atoms with Crippen molar-refractivity contribution in [1.82, 2.24) is 0 Å². The highest BCUT2D eigenvalue weighted by Gasteiger charge is 2.24. The van der Waals surface area contributed by atoms with Crippen LogP contribution in [-0.2, 0) is 10.8 Å². The van der Waals surface area contributed by atoms with Crippen molar-refractivity contribution in [2.45, 2.75) is 52.4 Å². The quantitative estimate of drug-likeness (QED) is 0.138. The molecule has 0 nitrogen and oxygen atoms in total. The van der Waals surface area contributed by atoms with Gasteiger partial charge in [0.15, 0.2) is 0 Å². The molecule has 0 radical (unpaired) electrons. The molecule has 0 spiro atoms. The molecule has 224 valence electrons. The molecule has 0 saturated carbocycles. The zero-order chi connectivity index (χ0) is 31.8. The molecule has 0 aromatic heterocycles. The van der Waals surface area contributed by atoms with Gasteiger partial charge in [-0.05, 0) is 122 Å².